The Balaban J connectivity index is 1.62. The fourth-order valence-electron chi connectivity index (χ4n) is 2.98. The highest BCUT2D eigenvalue weighted by Gasteiger charge is 2.38. The molecule has 1 heterocycles. The van der Waals surface area contributed by atoms with Crippen LogP contribution in [0.25, 0.3) is 11.3 Å². The molecular formula is C17H22N2OS. The molecule has 1 aromatic heterocycles. The molecule has 1 atom stereocenters. The van der Waals surface area contributed by atoms with Crippen LogP contribution in [0.15, 0.2) is 35.7 Å². The minimum Gasteiger partial charge on any atom is -0.378 e. The molecule has 2 N–H and O–H groups in total. The summed E-state index contributed by atoms with van der Waals surface area (Å²) in [6.45, 7) is 0. The van der Waals surface area contributed by atoms with Crippen LogP contribution in [0.3, 0.4) is 0 Å². The van der Waals surface area contributed by atoms with E-state index in [0.29, 0.717) is 0 Å². The van der Waals surface area contributed by atoms with Crippen molar-refractivity contribution in [3.8, 4) is 11.3 Å². The van der Waals surface area contributed by atoms with Gasteiger partial charge in [0.2, 0.25) is 0 Å². The first kappa shape index (κ1) is 14.7. The normalized spacial score (nSPS) is 18.2. The maximum absolute atomic E-state index is 6.31. The lowest BCUT2D eigenvalue weighted by atomic mass is 9.75. The van der Waals surface area contributed by atoms with Crippen molar-refractivity contribution in [2.45, 2.75) is 43.7 Å². The molecular weight excluding hydrogens is 280 g/mol. The molecule has 1 fully saturated rings. The Hall–Kier alpha value is -1.23. The smallest absolute Gasteiger partial charge is 0.0948 e. The van der Waals surface area contributed by atoms with Gasteiger partial charge in [-0.25, -0.2) is 4.98 Å². The standard InChI is InChI=1S/C17H22N2OS/c1-20-17(8-5-9-17)11-14(18)10-16-19-15(12-21-16)13-6-3-2-4-7-13/h2-4,6-7,12,14H,5,8-11,18H2,1H3. The lowest BCUT2D eigenvalue weighted by Gasteiger charge is -2.42. The average molecular weight is 302 g/mol. The summed E-state index contributed by atoms with van der Waals surface area (Å²) in [5.41, 5.74) is 8.57. The molecule has 1 saturated carbocycles. The predicted octanol–water partition coefficient (Wildman–Crippen LogP) is 3.64. The molecule has 0 spiro atoms. The van der Waals surface area contributed by atoms with Gasteiger partial charge in [-0.2, -0.15) is 0 Å². The number of rotatable bonds is 6. The van der Waals surface area contributed by atoms with Crippen LogP contribution < -0.4 is 5.73 Å². The molecule has 1 aromatic carbocycles. The predicted molar refractivity (Wildman–Crippen MR) is 87.4 cm³/mol. The Labute approximate surface area is 130 Å². The minimum absolute atomic E-state index is 0.0406. The van der Waals surface area contributed by atoms with Gasteiger partial charge in [0.25, 0.3) is 0 Å². The van der Waals surface area contributed by atoms with E-state index < -0.39 is 0 Å². The van der Waals surface area contributed by atoms with Crippen LogP contribution in [0.4, 0.5) is 0 Å². The second-order valence-electron chi connectivity index (χ2n) is 5.90. The lowest BCUT2D eigenvalue weighted by molar-refractivity contribution is -0.0813. The molecule has 1 unspecified atom stereocenters. The summed E-state index contributed by atoms with van der Waals surface area (Å²) in [6, 6.07) is 10.4. The molecule has 0 bridgehead atoms. The van der Waals surface area contributed by atoms with E-state index >= 15 is 0 Å². The number of ether oxygens (including phenoxy) is 1. The summed E-state index contributed by atoms with van der Waals surface area (Å²) < 4.78 is 5.66. The van der Waals surface area contributed by atoms with Crippen molar-refractivity contribution in [3.63, 3.8) is 0 Å². The summed E-state index contributed by atoms with van der Waals surface area (Å²) >= 11 is 1.70. The van der Waals surface area contributed by atoms with Crippen LogP contribution in [-0.4, -0.2) is 23.7 Å². The van der Waals surface area contributed by atoms with E-state index in [9.17, 15) is 0 Å². The van der Waals surface area contributed by atoms with Gasteiger partial charge in [-0.15, -0.1) is 11.3 Å². The Bertz CT molecular complexity index is 572. The largest absolute Gasteiger partial charge is 0.378 e. The highest BCUT2D eigenvalue weighted by Crippen LogP contribution is 2.39. The van der Waals surface area contributed by atoms with Crippen LogP contribution in [0.5, 0.6) is 0 Å². The summed E-state index contributed by atoms with van der Waals surface area (Å²) in [7, 11) is 1.81. The van der Waals surface area contributed by atoms with Crippen LogP contribution in [-0.2, 0) is 11.2 Å². The van der Waals surface area contributed by atoms with Gasteiger partial charge in [-0.1, -0.05) is 30.3 Å². The quantitative estimate of drug-likeness (QED) is 0.886. The molecule has 3 nitrogen and oxygen atoms in total. The third-order valence-electron chi connectivity index (χ3n) is 4.39. The number of hydrogen-bond donors (Lipinski definition) is 1. The second kappa shape index (κ2) is 6.26. The van der Waals surface area contributed by atoms with Gasteiger partial charge in [-0.05, 0) is 25.7 Å². The topological polar surface area (TPSA) is 48.1 Å². The summed E-state index contributed by atoms with van der Waals surface area (Å²) in [4.78, 5) is 4.72. The first-order valence-corrected chi connectivity index (χ1v) is 8.39. The Morgan fingerprint density at radius 3 is 2.71 bits per heavy atom. The molecule has 1 aliphatic carbocycles. The first-order chi connectivity index (χ1) is 10.2. The summed E-state index contributed by atoms with van der Waals surface area (Å²) in [5.74, 6) is 0. The van der Waals surface area contributed by atoms with Crippen molar-refractivity contribution >= 4 is 11.3 Å². The highest BCUT2D eigenvalue weighted by molar-refractivity contribution is 7.09. The van der Waals surface area contributed by atoms with E-state index in [1.165, 1.54) is 12.0 Å². The molecule has 3 rings (SSSR count). The molecule has 0 saturated heterocycles. The lowest BCUT2D eigenvalue weighted by Crippen LogP contribution is -2.44. The molecule has 0 aliphatic heterocycles. The van der Waals surface area contributed by atoms with E-state index in [0.717, 1.165) is 36.4 Å². The van der Waals surface area contributed by atoms with Crippen LogP contribution in [0.1, 0.15) is 30.7 Å². The fourth-order valence-corrected chi connectivity index (χ4v) is 3.88. The number of aromatic nitrogens is 1. The van der Waals surface area contributed by atoms with Gasteiger partial charge in [-0.3, -0.25) is 0 Å². The fraction of sp³-hybridized carbons (Fsp3) is 0.471. The number of methoxy groups -OCH3 is 1. The van der Waals surface area contributed by atoms with E-state index in [1.807, 2.05) is 25.3 Å². The van der Waals surface area contributed by atoms with Crippen LogP contribution in [0.2, 0.25) is 0 Å². The van der Waals surface area contributed by atoms with Gasteiger partial charge in [0.15, 0.2) is 0 Å². The van der Waals surface area contributed by atoms with Crippen molar-refractivity contribution in [2.75, 3.05) is 7.11 Å². The van der Waals surface area contributed by atoms with E-state index in [2.05, 4.69) is 17.5 Å². The second-order valence-corrected chi connectivity index (χ2v) is 6.84. The van der Waals surface area contributed by atoms with E-state index in [-0.39, 0.29) is 11.6 Å². The van der Waals surface area contributed by atoms with Gasteiger partial charge < -0.3 is 10.5 Å². The van der Waals surface area contributed by atoms with Gasteiger partial charge >= 0.3 is 0 Å². The average Bonchev–Trinajstić information content (AvgIpc) is 2.92. The van der Waals surface area contributed by atoms with Crippen molar-refractivity contribution in [1.82, 2.24) is 4.98 Å². The molecule has 0 radical (unpaired) electrons. The molecule has 4 heteroatoms. The zero-order valence-corrected chi connectivity index (χ0v) is 13.2. The Morgan fingerprint density at radius 2 is 2.10 bits per heavy atom. The summed E-state index contributed by atoms with van der Waals surface area (Å²) in [5, 5.41) is 3.24. The Kier molecular flexibility index (Phi) is 4.38. The maximum atomic E-state index is 6.31. The van der Waals surface area contributed by atoms with E-state index in [1.54, 1.807) is 11.3 Å². The van der Waals surface area contributed by atoms with Crippen molar-refractivity contribution in [3.05, 3.63) is 40.7 Å². The highest BCUT2D eigenvalue weighted by atomic mass is 32.1. The molecule has 1 aliphatic rings. The third kappa shape index (κ3) is 3.34. The summed E-state index contributed by atoms with van der Waals surface area (Å²) in [6.07, 6.45) is 5.32. The molecule has 0 amide bonds. The number of hydrogen-bond acceptors (Lipinski definition) is 4. The molecule has 21 heavy (non-hydrogen) atoms. The van der Waals surface area contributed by atoms with Crippen molar-refractivity contribution in [2.24, 2.45) is 5.73 Å². The number of nitrogens with zero attached hydrogens (tertiary/aromatic N) is 1. The van der Waals surface area contributed by atoms with Gasteiger partial charge in [0.05, 0.1) is 16.3 Å². The number of nitrogens with two attached hydrogens (primary N) is 1. The zero-order valence-electron chi connectivity index (χ0n) is 12.4. The Morgan fingerprint density at radius 1 is 1.33 bits per heavy atom. The monoisotopic (exact) mass is 302 g/mol. The van der Waals surface area contributed by atoms with Crippen molar-refractivity contribution < 1.29 is 4.74 Å². The maximum Gasteiger partial charge on any atom is 0.0948 e. The molecule has 2 aromatic rings. The zero-order chi connectivity index (χ0) is 14.7. The number of benzene rings is 1. The first-order valence-electron chi connectivity index (χ1n) is 7.51. The van der Waals surface area contributed by atoms with Gasteiger partial charge in [0, 0.05) is 30.5 Å². The van der Waals surface area contributed by atoms with Crippen LogP contribution in [0, 0.1) is 0 Å². The van der Waals surface area contributed by atoms with E-state index in [4.69, 9.17) is 15.5 Å². The molecule has 112 valence electrons. The minimum atomic E-state index is 0.0406. The third-order valence-corrected chi connectivity index (χ3v) is 5.26. The van der Waals surface area contributed by atoms with Gasteiger partial charge in [0.1, 0.15) is 0 Å². The number of thiazole rings is 1. The van der Waals surface area contributed by atoms with Crippen molar-refractivity contribution in [1.29, 1.82) is 0 Å². The van der Waals surface area contributed by atoms with Crippen LogP contribution >= 0.6 is 11.3 Å². The SMILES string of the molecule is COC1(CC(N)Cc2nc(-c3ccccc3)cs2)CCC1.